The smallest absolute Gasteiger partial charge is 0.407 e. The molecule has 1 unspecified atom stereocenters. The lowest BCUT2D eigenvalue weighted by molar-refractivity contribution is -0.144. The van der Waals surface area contributed by atoms with Crippen molar-refractivity contribution in [3.63, 3.8) is 0 Å². The van der Waals surface area contributed by atoms with Crippen molar-refractivity contribution >= 4 is 18.0 Å². The van der Waals surface area contributed by atoms with Crippen LogP contribution in [0, 0.1) is 0 Å². The van der Waals surface area contributed by atoms with Crippen molar-refractivity contribution in [3.05, 3.63) is 23.9 Å². The molecule has 0 aliphatic rings. The van der Waals surface area contributed by atoms with Gasteiger partial charge in [0.15, 0.2) is 12.3 Å². The van der Waals surface area contributed by atoms with Crippen LogP contribution >= 0.6 is 0 Å². The summed E-state index contributed by atoms with van der Waals surface area (Å²) in [5.41, 5.74) is -0.607. The van der Waals surface area contributed by atoms with Gasteiger partial charge in [-0.05, 0) is 33.8 Å². The fourth-order valence-electron chi connectivity index (χ4n) is 1.63. The van der Waals surface area contributed by atoms with Crippen molar-refractivity contribution in [2.24, 2.45) is 0 Å². The SMILES string of the molecule is COC(=O)COC(=O)c1cccc(OCC(C)NC(=O)OC(C)(C)C)n1. The minimum Gasteiger partial charge on any atom is -0.475 e. The van der Waals surface area contributed by atoms with E-state index in [1.807, 2.05) is 0 Å². The first-order chi connectivity index (χ1) is 12.1. The molecule has 1 rings (SSSR count). The molecule has 1 atom stereocenters. The number of esters is 2. The second-order valence-corrected chi connectivity index (χ2v) is 6.37. The number of rotatable bonds is 7. The minimum atomic E-state index is -0.777. The van der Waals surface area contributed by atoms with E-state index < -0.39 is 30.2 Å². The zero-order valence-electron chi connectivity index (χ0n) is 15.5. The number of amides is 1. The van der Waals surface area contributed by atoms with Gasteiger partial charge >= 0.3 is 18.0 Å². The van der Waals surface area contributed by atoms with E-state index in [0.717, 1.165) is 0 Å². The van der Waals surface area contributed by atoms with Crippen LogP contribution in [0.4, 0.5) is 4.79 Å². The molecular weight excluding hydrogens is 344 g/mol. The molecule has 0 bridgehead atoms. The predicted octanol–water partition coefficient (Wildman–Crippen LogP) is 1.70. The van der Waals surface area contributed by atoms with Crippen LogP contribution in [0.2, 0.25) is 0 Å². The molecule has 26 heavy (non-hydrogen) atoms. The van der Waals surface area contributed by atoms with Crippen LogP contribution < -0.4 is 10.1 Å². The van der Waals surface area contributed by atoms with E-state index in [4.69, 9.17) is 14.2 Å². The average Bonchev–Trinajstić information content (AvgIpc) is 2.56. The fraction of sp³-hybridized carbons (Fsp3) is 0.529. The molecule has 0 aliphatic heterocycles. The molecule has 1 aromatic heterocycles. The van der Waals surface area contributed by atoms with Gasteiger partial charge in [0.25, 0.3) is 0 Å². The Bertz CT molecular complexity index is 640. The summed E-state index contributed by atoms with van der Waals surface area (Å²) in [6, 6.07) is 4.19. The topological polar surface area (TPSA) is 113 Å². The highest BCUT2D eigenvalue weighted by atomic mass is 16.6. The third-order valence-corrected chi connectivity index (χ3v) is 2.73. The minimum absolute atomic E-state index is 0.0147. The van der Waals surface area contributed by atoms with Crippen LogP contribution in [0.1, 0.15) is 38.2 Å². The fourth-order valence-corrected chi connectivity index (χ4v) is 1.63. The molecule has 0 aromatic carbocycles. The van der Waals surface area contributed by atoms with Crippen molar-refractivity contribution in [2.45, 2.75) is 39.3 Å². The van der Waals surface area contributed by atoms with Crippen molar-refractivity contribution in [2.75, 3.05) is 20.3 Å². The van der Waals surface area contributed by atoms with E-state index in [1.165, 1.54) is 13.2 Å². The zero-order chi connectivity index (χ0) is 19.7. The van der Waals surface area contributed by atoms with E-state index in [0.29, 0.717) is 0 Å². The number of hydrogen-bond donors (Lipinski definition) is 1. The Morgan fingerprint density at radius 3 is 2.54 bits per heavy atom. The Balaban J connectivity index is 2.51. The monoisotopic (exact) mass is 368 g/mol. The van der Waals surface area contributed by atoms with Gasteiger partial charge in [-0.25, -0.2) is 19.4 Å². The number of hydrogen-bond acceptors (Lipinski definition) is 8. The van der Waals surface area contributed by atoms with E-state index in [-0.39, 0.29) is 24.2 Å². The Labute approximate surface area is 152 Å². The Hall–Kier alpha value is -2.84. The van der Waals surface area contributed by atoms with Crippen LogP contribution in [0.15, 0.2) is 18.2 Å². The summed E-state index contributed by atoms with van der Waals surface area (Å²) in [5.74, 6) is -1.27. The molecule has 0 saturated heterocycles. The maximum Gasteiger partial charge on any atom is 0.407 e. The number of alkyl carbamates (subject to hydrolysis) is 1. The Morgan fingerprint density at radius 2 is 1.92 bits per heavy atom. The Kier molecular flexibility index (Phi) is 7.82. The van der Waals surface area contributed by atoms with Gasteiger partial charge in [0.05, 0.1) is 13.2 Å². The summed E-state index contributed by atoms with van der Waals surface area (Å²) >= 11 is 0. The highest BCUT2D eigenvalue weighted by Gasteiger charge is 2.18. The van der Waals surface area contributed by atoms with Gasteiger partial charge in [0, 0.05) is 6.07 Å². The molecule has 1 N–H and O–H groups in total. The molecule has 0 aliphatic carbocycles. The summed E-state index contributed by atoms with van der Waals surface area (Å²) in [7, 11) is 1.19. The maximum atomic E-state index is 11.8. The summed E-state index contributed by atoms with van der Waals surface area (Å²) in [4.78, 5) is 38.5. The number of carbonyl (C=O) groups is 3. The third-order valence-electron chi connectivity index (χ3n) is 2.73. The van der Waals surface area contributed by atoms with Crippen molar-refractivity contribution in [3.8, 4) is 5.88 Å². The molecule has 1 aromatic rings. The summed E-state index contributed by atoms with van der Waals surface area (Å²) in [5, 5.41) is 2.63. The molecule has 0 saturated carbocycles. The first-order valence-corrected chi connectivity index (χ1v) is 7.94. The van der Waals surface area contributed by atoms with Gasteiger partial charge in [-0.3, -0.25) is 0 Å². The zero-order valence-corrected chi connectivity index (χ0v) is 15.5. The van der Waals surface area contributed by atoms with E-state index in [1.54, 1.807) is 39.8 Å². The van der Waals surface area contributed by atoms with Crippen LogP contribution in [-0.4, -0.2) is 55.0 Å². The molecule has 9 heteroatoms. The number of carbonyl (C=O) groups excluding carboxylic acids is 3. The largest absolute Gasteiger partial charge is 0.475 e. The molecule has 144 valence electrons. The molecule has 1 heterocycles. The van der Waals surface area contributed by atoms with Crippen molar-refractivity contribution in [1.29, 1.82) is 0 Å². The standard InChI is InChI=1S/C17H24N2O7/c1-11(18-16(22)26-17(2,3)4)9-24-13-8-6-7-12(19-13)15(21)25-10-14(20)23-5/h6-8,11H,9-10H2,1-5H3,(H,18,22). The highest BCUT2D eigenvalue weighted by molar-refractivity contribution is 5.88. The number of nitrogens with one attached hydrogen (secondary N) is 1. The van der Waals surface area contributed by atoms with Crippen molar-refractivity contribution in [1.82, 2.24) is 10.3 Å². The van der Waals surface area contributed by atoms with Gasteiger partial charge in [0.2, 0.25) is 5.88 Å². The second kappa shape index (κ2) is 9.59. The number of ether oxygens (including phenoxy) is 4. The van der Waals surface area contributed by atoms with Gasteiger partial charge in [-0.15, -0.1) is 0 Å². The Morgan fingerprint density at radius 1 is 1.23 bits per heavy atom. The van der Waals surface area contributed by atoms with Gasteiger partial charge in [-0.2, -0.15) is 0 Å². The lowest BCUT2D eigenvalue weighted by Crippen LogP contribution is -2.40. The van der Waals surface area contributed by atoms with Crippen LogP contribution in [-0.2, 0) is 19.0 Å². The number of methoxy groups -OCH3 is 1. The van der Waals surface area contributed by atoms with E-state index in [9.17, 15) is 14.4 Å². The first-order valence-electron chi connectivity index (χ1n) is 7.94. The molecule has 0 radical (unpaired) electrons. The number of nitrogens with zero attached hydrogens (tertiary/aromatic N) is 1. The molecule has 0 fully saturated rings. The first kappa shape index (κ1) is 21.2. The summed E-state index contributed by atoms with van der Waals surface area (Å²) in [6.07, 6.45) is -0.554. The molecule has 1 amide bonds. The third kappa shape index (κ3) is 8.32. The normalized spacial score (nSPS) is 11.9. The second-order valence-electron chi connectivity index (χ2n) is 6.37. The predicted molar refractivity (Wildman–Crippen MR) is 90.9 cm³/mol. The summed E-state index contributed by atoms with van der Waals surface area (Å²) < 4.78 is 19.7. The van der Waals surface area contributed by atoms with E-state index in [2.05, 4.69) is 15.0 Å². The van der Waals surface area contributed by atoms with Crippen LogP contribution in [0.3, 0.4) is 0 Å². The lowest BCUT2D eigenvalue weighted by atomic mass is 10.2. The molecular formula is C17H24N2O7. The molecule has 9 nitrogen and oxygen atoms in total. The highest BCUT2D eigenvalue weighted by Crippen LogP contribution is 2.10. The van der Waals surface area contributed by atoms with Crippen LogP contribution in [0.5, 0.6) is 5.88 Å². The quantitative estimate of drug-likeness (QED) is 0.571. The molecule has 0 spiro atoms. The van der Waals surface area contributed by atoms with Gasteiger partial charge in [0.1, 0.15) is 12.2 Å². The lowest BCUT2D eigenvalue weighted by Gasteiger charge is -2.22. The summed E-state index contributed by atoms with van der Waals surface area (Å²) in [6.45, 7) is 6.65. The van der Waals surface area contributed by atoms with E-state index >= 15 is 0 Å². The number of pyridine rings is 1. The van der Waals surface area contributed by atoms with Crippen LogP contribution in [0.25, 0.3) is 0 Å². The van der Waals surface area contributed by atoms with Crippen molar-refractivity contribution < 1.29 is 33.3 Å². The van der Waals surface area contributed by atoms with Gasteiger partial charge in [-0.1, -0.05) is 6.07 Å². The maximum absolute atomic E-state index is 11.8. The van der Waals surface area contributed by atoms with Gasteiger partial charge < -0.3 is 24.3 Å². The average molecular weight is 368 g/mol. The number of aromatic nitrogens is 1.